The Hall–Kier alpha value is -2.05. The quantitative estimate of drug-likeness (QED) is 0.343. The zero-order valence-corrected chi connectivity index (χ0v) is 5.47. The van der Waals surface area contributed by atoms with E-state index in [1.807, 2.05) is 6.07 Å². The molecule has 0 aliphatic heterocycles. The molecule has 52 valence electrons. The second-order valence-electron chi connectivity index (χ2n) is 1.69. The van der Waals surface area contributed by atoms with Crippen LogP contribution in [0.2, 0.25) is 0 Å². The van der Waals surface area contributed by atoms with Crippen LogP contribution in [-0.4, -0.2) is 4.98 Å². The summed E-state index contributed by atoms with van der Waals surface area (Å²) in [6.45, 7) is 0. The van der Waals surface area contributed by atoms with E-state index in [1.165, 1.54) is 18.5 Å². The summed E-state index contributed by atoms with van der Waals surface area (Å²) in [5.41, 5.74) is 8.65. The van der Waals surface area contributed by atoms with Crippen molar-refractivity contribution in [1.82, 2.24) is 4.98 Å². The number of hydrogen-bond acceptors (Lipinski definition) is 3. The van der Waals surface area contributed by atoms with Crippen LogP contribution in [0.25, 0.3) is 10.4 Å². The van der Waals surface area contributed by atoms with Crippen LogP contribution in [0.15, 0.2) is 23.6 Å². The lowest BCUT2D eigenvalue weighted by atomic mass is 10.2. The Balaban J connectivity index is 3.25. The highest BCUT2D eigenvalue weighted by atomic mass is 15.1. The molecule has 0 aliphatic carbocycles. The van der Waals surface area contributed by atoms with Gasteiger partial charge in [0.25, 0.3) is 0 Å². The van der Waals surface area contributed by atoms with Crippen molar-refractivity contribution in [2.24, 2.45) is 5.11 Å². The van der Waals surface area contributed by atoms with Gasteiger partial charge in [-0.2, -0.15) is 5.26 Å². The van der Waals surface area contributed by atoms with Gasteiger partial charge in [0.15, 0.2) is 0 Å². The van der Waals surface area contributed by atoms with E-state index in [2.05, 4.69) is 15.0 Å². The van der Waals surface area contributed by atoms with Crippen molar-refractivity contribution in [3.63, 3.8) is 0 Å². The molecule has 0 fully saturated rings. The molecule has 0 amide bonds. The predicted molar refractivity (Wildman–Crippen MR) is 37.8 cm³/mol. The highest BCUT2D eigenvalue weighted by Crippen LogP contribution is 2.15. The summed E-state index contributed by atoms with van der Waals surface area (Å²) in [6, 6.07) is 3.37. The van der Waals surface area contributed by atoms with Gasteiger partial charge in [0.05, 0.1) is 17.3 Å². The first kappa shape index (κ1) is 7.06. The highest BCUT2D eigenvalue weighted by molar-refractivity contribution is 5.50. The Morgan fingerprint density at radius 2 is 2.55 bits per heavy atom. The van der Waals surface area contributed by atoms with Gasteiger partial charge in [0.1, 0.15) is 0 Å². The fraction of sp³-hybridized carbons (Fsp3) is 0. The average Bonchev–Trinajstić information content (AvgIpc) is 2.06. The van der Waals surface area contributed by atoms with Crippen molar-refractivity contribution in [3.05, 3.63) is 34.5 Å². The molecule has 0 spiro atoms. The fourth-order valence-corrected chi connectivity index (χ4v) is 0.609. The van der Waals surface area contributed by atoms with Crippen molar-refractivity contribution in [2.45, 2.75) is 0 Å². The normalized spacial score (nSPS) is 7.91. The Morgan fingerprint density at radius 3 is 3.18 bits per heavy atom. The van der Waals surface area contributed by atoms with Crippen LogP contribution in [0.4, 0.5) is 5.69 Å². The first-order valence-electron chi connectivity index (χ1n) is 2.77. The lowest BCUT2D eigenvalue weighted by molar-refractivity contribution is 1.28. The molecule has 0 saturated heterocycles. The van der Waals surface area contributed by atoms with Gasteiger partial charge in [-0.1, -0.05) is 5.11 Å². The molecule has 1 aromatic rings. The van der Waals surface area contributed by atoms with Gasteiger partial charge in [-0.15, -0.1) is 0 Å². The third-order valence-electron chi connectivity index (χ3n) is 1.07. The lowest BCUT2D eigenvalue weighted by Gasteiger charge is -1.90. The van der Waals surface area contributed by atoms with Gasteiger partial charge in [-0.3, -0.25) is 4.98 Å². The Labute approximate surface area is 62.5 Å². The second-order valence-corrected chi connectivity index (χ2v) is 1.69. The summed E-state index contributed by atoms with van der Waals surface area (Å²) < 4.78 is 0. The molecule has 1 rings (SSSR count). The minimum absolute atomic E-state index is 0.262. The van der Waals surface area contributed by atoms with Crippen LogP contribution in [-0.2, 0) is 0 Å². The van der Waals surface area contributed by atoms with Crippen LogP contribution in [0.3, 0.4) is 0 Å². The predicted octanol–water partition coefficient (Wildman–Crippen LogP) is 1.90. The van der Waals surface area contributed by atoms with Gasteiger partial charge in [0.2, 0.25) is 0 Å². The van der Waals surface area contributed by atoms with Crippen LogP contribution in [0.1, 0.15) is 5.56 Å². The zero-order valence-electron chi connectivity index (χ0n) is 5.47. The largest absolute Gasteiger partial charge is 0.264 e. The Bertz CT molecular complexity index is 344. The van der Waals surface area contributed by atoms with E-state index >= 15 is 0 Å². The van der Waals surface area contributed by atoms with E-state index in [1.54, 1.807) is 0 Å². The maximum Gasteiger partial charge on any atom is 0.0997 e. The topological polar surface area (TPSA) is 85.4 Å². The molecule has 1 heterocycles. The average molecular weight is 145 g/mol. The van der Waals surface area contributed by atoms with Crippen LogP contribution in [0.5, 0.6) is 0 Å². The third kappa shape index (κ3) is 1.45. The van der Waals surface area contributed by atoms with Gasteiger partial charge in [0, 0.05) is 17.3 Å². The smallest absolute Gasteiger partial charge is 0.0997 e. The molecule has 0 bridgehead atoms. The van der Waals surface area contributed by atoms with Gasteiger partial charge in [-0.05, 0) is 11.6 Å². The van der Waals surface area contributed by atoms with Crippen molar-refractivity contribution < 1.29 is 0 Å². The molecule has 0 N–H and O–H groups in total. The number of hydrogen-bond donors (Lipinski definition) is 0. The summed E-state index contributed by atoms with van der Waals surface area (Å²) in [4.78, 5) is 6.24. The summed E-state index contributed by atoms with van der Waals surface area (Å²) in [5, 5.41) is 11.8. The SMILES string of the molecule is N#Cc1ccncc1N=[N+]=[N-]. The summed E-state index contributed by atoms with van der Waals surface area (Å²) >= 11 is 0. The first-order valence-corrected chi connectivity index (χ1v) is 2.77. The summed E-state index contributed by atoms with van der Waals surface area (Å²) in [6.07, 6.45) is 2.81. The summed E-state index contributed by atoms with van der Waals surface area (Å²) in [7, 11) is 0. The number of nitrogens with zero attached hydrogens (tertiary/aromatic N) is 5. The minimum atomic E-state index is 0.262. The molecule has 0 aromatic carbocycles. The van der Waals surface area contributed by atoms with Gasteiger partial charge >= 0.3 is 0 Å². The van der Waals surface area contributed by atoms with E-state index in [-0.39, 0.29) is 5.69 Å². The van der Waals surface area contributed by atoms with E-state index in [9.17, 15) is 0 Å². The number of rotatable bonds is 1. The number of azide groups is 1. The van der Waals surface area contributed by atoms with Gasteiger partial charge in [-0.25, -0.2) is 0 Å². The van der Waals surface area contributed by atoms with Crippen molar-refractivity contribution in [3.8, 4) is 6.07 Å². The van der Waals surface area contributed by atoms with Crippen LogP contribution in [0, 0.1) is 11.3 Å². The molecule has 1 aromatic heterocycles. The molecule has 5 nitrogen and oxygen atoms in total. The van der Waals surface area contributed by atoms with E-state index in [0.29, 0.717) is 5.56 Å². The maximum atomic E-state index is 8.48. The molecule has 0 atom stereocenters. The molecule has 0 radical (unpaired) electrons. The standard InChI is InChI=1S/C6H3N5/c7-3-5-1-2-9-4-6(5)10-11-8/h1-2,4H. The van der Waals surface area contributed by atoms with Crippen LogP contribution < -0.4 is 0 Å². The van der Waals surface area contributed by atoms with Crippen molar-refractivity contribution >= 4 is 5.69 Å². The Kier molecular flexibility index (Phi) is 2.06. The number of nitriles is 1. The van der Waals surface area contributed by atoms with Crippen molar-refractivity contribution in [2.75, 3.05) is 0 Å². The van der Waals surface area contributed by atoms with Crippen LogP contribution >= 0.6 is 0 Å². The number of aromatic nitrogens is 1. The lowest BCUT2D eigenvalue weighted by Crippen LogP contribution is -1.75. The minimum Gasteiger partial charge on any atom is -0.264 e. The van der Waals surface area contributed by atoms with E-state index in [4.69, 9.17) is 10.8 Å². The zero-order chi connectivity index (χ0) is 8.10. The molecule has 5 heteroatoms. The molecule has 0 aliphatic rings. The van der Waals surface area contributed by atoms with E-state index in [0.717, 1.165) is 0 Å². The first-order chi connectivity index (χ1) is 5.38. The molecule has 0 saturated carbocycles. The molecule has 0 unspecified atom stereocenters. The van der Waals surface area contributed by atoms with Crippen molar-refractivity contribution in [1.29, 1.82) is 5.26 Å². The third-order valence-corrected chi connectivity index (χ3v) is 1.07. The monoisotopic (exact) mass is 145 g/mol. The van der Waals surface area contributed by atoms with Gasteiger partial charge < -0.3 is 0 Å². The molecular weight excluding hydrogens is 142 g/mol. The molecular formula is C6H3N5. The van der Waals surface area contributed by atoms with E-state index < -0.39 is 0 Å². The maximum absolute atomic E-state index is 8.48. The number of pyridine rings is 1. The highest BCUT2D eigenvalue weighted by Gasteiger charge is 1.95. The Morgan fingerprint density at radius 1 is 1.73 bits per heavy atom. The molecule has 11 heavy (non-hydrogen) atoms. The second kappa shape index (κ2) is 3.20. The fourth-order valence-electron chi connectivity index (χ4n) is 0.609. The summed E-state index contributed by atoms with van der Waals surface area (Å²) in [5.74, 6) is 0.